The van der Waals surface area contributed by atoms with Crippen LogP contribution in [0.1, 0.15) is 112 Å². The van der Waals surface area contributed by atoms with E-state index in [9.17, 15) is 9.90 Å². The normalized spacial score (nSPS) is 45.0. The number of ketones is 1. The highest BCUT2D eigenvalue weighted by Crippen LogP contribution is 2.72. The van der Waals surface area contributed by atoms with Gasteiger partial charge in [0.05, 0.1) is 11.0 Å². The fraction of sp³-hybridized carbons (Fsp3) is 0.897. The molecule has 5 aliphatic carbocycles. The molecule has 1 spiro atoms. The predicted octanol–water partition coefficient (Wildman–Crippen LogP) is 7.10. The molecule has 5 rings (SSSR count). The topological polar surface area (TPSA) is 37.3 Å². The van der Waals surface area contributed by atoms with Crippen molar-refractivity contribution < 1.29 is 9.90 Å². The van der Waals surface area contributed by atoms with Crippen molar-refractivity contribution in [2.45, 2.75) is 117 Å². The van der Waals surface area contributed by atoms with Crippen molar-refractivity contribution in [2.24, 2.45) is 45.8 Å². The summed E-state index contributed by atoms with van der Waals surface area (Å²) in [6.07, 6.45) is 16.3. The van der Waals surface area contributed by atoms with E-state index < -0.39 is 5.60 Å². The summed E-state index contributed by atoms with van der Waals surface area (Å²) in [5.41, 5.74) is 1.55. The van der Waals surface area contributed by atoms with Crippen molar-refractivity contribution in [2.75, 3.05) is 0 Å². The Kier molecular flexibility index (Phi) is 5.14. The van der Waals surface area contributed by atoms with Gasteiger partial charge in [0, 0.05) is 6.42 Å². The van der Waals surface area contributed by atoms with Crippen LogP contribution in [0.3, 0.4) is 0 Å². The van der Waals surface area contributed by atoms with Gasteiger partial charge in [0.1, 0.15) is 5.78 Å². The lowest BCUT2D eigenvalue weighted by Crippen LogP contribution is -2.54. The van der Waals surface area contributed by atoms with Gasteiger partial charge in [-0.1, -0.05) is 52.2 Å². The van der Waals surface area contributed by atoms with Crippen LogP contribution in [0.25, 0.3) is 0 Å². The number of aliphatic hydroxyl groups is 1. The van der Waals surface area contributed by atoms with Crippen LogP contribution in [0.2, 0.25) is 0 Å². The van der Waals surface area contributed by atoms with E-state index in [0.717, 1.165) is 62.2 Å². The fourth-order valence-electron chi connectivity index (χ4n) is 9.66. The molecule has 0 aromatic rings. The quantitative estimate of drug-likeness (QED) is 0.476. The van der Waals surface area contributed by atoms with Crippen LogP contribution in [0.15, 0.2) is 11.6 Å². The van der Waals surface area contributed by atoms with Crippen LogP contribution >= 0.6 is 0 Å². The van der Waals surface area contributed by atoms with Crippen LogP contribution in [-0.4, -0.2) is 16.5 Å². The minimum atomic E-state index is -0.528. The van der Waals surface area contributed by atoms with Gasteiger partial charge < -0.3 is 5.11 Å². The summed E-state index contributed by atoms with van der Waals surface area (Å²) in [7, 11) is 0. The van der Waals surface area contributed by atoms with Gasteiger partial charge in [-0.05, 0) is 105 Å². The standard InChI is InChI=1S/C29H46O2/c1-19(2)7-6-14-28(5,31)23-11-9-21-20-8-10-24-27(4,22(20)12-15-26(21,23)3)16-13-25(30)29(24)17-18-29/h10,19-23,31H,6-9,11-18H2,1-5H3/t20-,21-,22-,23-,26-,27+,28-/m0/s1. The molecule has 0 aromatic carbocycles. The van der Waals surface area contributed by atoms with Crippen molar-refractivity contribution in [3.63, 3.8) is 0 Å². The Hall–Kier alpha value is -0.630. The van der Waals surface area contributed by atoms with Crippen LogP contribution in [0, 0.1) is 45.8 Å². The van der Waals surface area contributed by atoms with Gasteiger partial charge in [-0.3, -0.25) is 4.79 Å². The molecular formula is C29H46O2. The highest BCUT2D eigenvalue weighted by atomic mass is 16.3. The van der Waals surface area contributed by atoms with Gasteiger partial charge in [0.2, 0.25) is 0 Å². The van der Waals surface area contributed by atoms with Crippen molar-refractivity contribution in [3.05, 3.63) is 11.6 Å². The molecule has 0 heterocycles. The zero-order valence-corrected chi connectivity index (χ0v) is 20.8. The second-order valence-corrected chi connectivity index (χ2v) is 13.5. The van der Waals surface area contributed by atoms with E-state index in [1.165, 1.54) is 38.5 Å². The van der Waals surface area contributed by atoms with E-state index in [1.807, 2.05) is 0 Å². The zero-order valence-electron chi connectivity index (χ0n) is 20.8. The van der Waals surface area contributed by atoms with Gasteiger partial charge in [-0.15, -0.1) is 0 Å². The highest BCUT2D eigenvalue weighted by molar-refractivity contribution is 5.92. The molecule has 4 saturated carbocycles. The van der Waals surface area contributed by atoms with Crippen molar-refractivity contribution >= 4 is 5.78 Å². The Morgan fingerprint density at radius 2 is 1.84 bits per heavy atom. The van der Waals surface area contributed by atoms with E-state index >= 15 is 0 Å². The average molecular weight is 427 g/mol. The first-order chi connectivity index (χ1) is 14.5. The van der Waals surface area contributed by atoms with Crippen LogP contribution in [0.4, 0.5) is 0 Å². The number of carbonyl (C=O) groups excluding carboxylic acids is 1. The minimum absolute atomic E-state index is 0.0307. The molecule has 0 bridgehead atoms. The number of rotatable bonds is 5. The highest BCUT2D eigenvalue weighted by Gasteiger charge is 2.66. The molecule has 2 heteroatoms. The maximum absolute atomic E-state index is 12.8. The Morgan fingerprint density at radius 3 is 2.52 bits per heavy atom. The van der Waals surface area contributed by atoms with Gasteiger partial charge in [0.25, 0.3) is 0 Å². The van der Waals surface area contributed by atoms with Gasteiger partial charge in [-0.25, -0.2) is 0 Å². The van der Waals surface area contributed by atoms with Gasteiger partial charge in [-0.2, -0.15) is 0 Å². The van der Waals surface area contributed by atoms with Crippen LogP contribution in [-0.2, 0) is 4.79 Å². The molecule has 0 unspecified atom stereocenters. The first kappa shape index (κ1) is 22.2. The second kappa shape index (κ2) is 7.18. The number of fused-ring (bicyclic) bond motifs is 6. The molecule has 2 nitrogen and oxygen atoms in total. The molecule has 1 N–H and O–H groups in total. The van der Waals surface area contributed by atoms with E-state index in [1.54, 1.807) is 5.57 Å². The van der Waals surface area contributed by atoms with E-state index in [4.69, 9.17) is 0 Å². The lowest BCUT2D eigenvalue weighted by Gasteiger charge is -2.59. The lowest BCUT2D eigenvalue weighted by molar-refractivity contribution is -0.130. The SMILES string of the molecule is CC(C)CCC[C@](C)(O)[C@H]1CC[C@H]2[C@@H]3CC=C4C5(CC5)C(=O)CC[C@]4(C)[C@H]3CC[C@@]21C. The molecule has 5 aliphatic rings. The van der Waals surface area contributed by atoms with Crippen molar-refractivity contribution in [3.8, 4) is 0 Å². The number of hydrogen-bond acceptors (Lipinski definition) is 2. The van der Waals surface area contributed by atoms with Crippen LogP contribution < -0.4 is 0 Å². The second-order valence-electron chi connectivity index (χ2n) is 13.5. The summed E-state index contributed by atoms with van der Waals surface area (Å²) in [4.78, 5) is 12.8. The summed E-state index contributed by atoms with van der Waals surface area (Å²) < 4.78 is 0. The summed E-state index contributed by atoms with van der Waals surface area (Å²) in [6, 6.07) is 0. The molecule has 0 saturated heterocycles. The third-order valence-corrected chi connectivity index (χ3v) is 11.4. The first-order valence-corrected chi connectivity index (χ1v) is 13.5. The van der Waals surface area contributed by atoms with Crippen LogP contribution in [0.5, 0.6) is 0 Å². The molecule has 4 fully saturated rings. The Labute approximate surface area is 190 Å². The number of hydrogen-bond donors (Lipinski definition) is 1. The molecule has 174 valence electrons. The molecule has 0 amide bonds. The Balaban J connectivity index is 1.38. The molecule has 0 aromatic heterocycles. The third kappa shape index (κ3) is 3.17. The van der Waals surface area contributed by atoms with E-state index in [-0.39, 0.29) is 16.2 Å². The zero-order chi connectivity index (χ0) is 22.2. The largest absolute Gasteiger partial charge is 0.390 e. The first-order valence-electron chi connectivity index (χ1n) is 13.5. The van der Waals surface area contributed by atoms with Gasteiger partial charge >= 0.3 is 0 Å². The molecule has 0 aliphatic heterocycles. The third-order valence-electron chi connectivity index (χ3n) is 11.4. The van der Waals surface area contributed by atoms with E-state index in [2.05, 4.69) is 40.7 Å². The summed E-state index contributed by atoms with van der Waals surface area (Å²) in [6.45, 7) is 11.8. The Bertz CT molecular complexity index is 772. The Morgan fingerprint density at radius 1 is 1.10 bits per heavy atom. The summed E-state index contributed by atoms with van der Waals surface area (Å²) in [5, 5.41) is 11.6. The minimum Gasteiger partial charge on any atom is -0.390 e. The lowest BCUT2D eigenvalue weighted by atomic mass is 9.45. The molecule has 31 heavy (non-hydrogen) atoms. The number of carbonyl (C=O) groups is 1. The summed E-state index contributed by atoms with van der Waals surface area (Å²) >= 11 is 0. The molecule has 0 radical (unpaired) electrons. The average Bonchev–Trinajstić information content (AvgIpc) is 3.39. The smallest absolute Gasteiger partial charge is 0.143 e. The fourth-order valence-corrected chi connectivity index (χ4v) is 9.66. The monoisotopic (exact) mass is 426 g/mol. The predicted molar refractivity (Wildman–Crippen MR) is 127 cm³/mol. The van der Waals surface area contributed by atoms with Crippen molar-refractivity contribution in [1.29, 1.82) is 0 Å². The van der Waals surface area contributed by atoms with Crippen molar-refractivity contribution in [1.82, 2.24) is 0 Å². The van der Waals surface area contributed by atoms with E-state index in [0.29, 0.717) is 11.7 Å². The molecular weight excluding hydrogens is 380 g/mol. The number of Topliss-reactive ketones (excluding diaryl/α,β-unsaturated/α-hetero) is 1. The maximum atomic E-state index is 12.8. The van der Waals surface area contributed by atoms with Gasteiger partial charge in [0.15, 0.2) is 0 Å². The number of allylic oxidation sites excluding steroid dienone is 2. The summed E-state index contributed by atoms with van der Waals surface area (Å²) in [5.74, 6) is 3.97. The maximum Gasteiger partial charge on any atom is 0.143 e. The molecule has 7 atom stereocenters.